The summed E-state index contributed by atoms with van der Waals surface area (Å²) in [5.74, 6) is 1.45. The molecule has 2 heterocycles. The number of carbonyl (C=O) groups is 1. The van der Waals surface area contributed by atoms with E-state index in [1.807, 2.05) is 17.9 Å². The molecule has 7 nitrogen and oxygen atoms in total. The number of nitrogens with zero attached hydrogens (tertiary/aromatic N) is 5. The van der Waals surface area contributed by atoms with Gasteiger partial charge in [0.05, 0.1) is 23.4 Å². The van der Waals surface area contributed by atoms with E-state index in [-0.39, 0.29) is 18.0 Å². The van der Waals surface area contributed by atoms with Crippen molar-refractivity contribution in [2.45, 2.75) is 53.1 Å². The maximum absolute atomic E-state index is 12.4. The summed E-state index contributed by atoms with van der Waals surface area (Å²) in [6.45, 7) is 9.99. The van der Waals surface area contributed by atoms with E-state index >= 15 is 0 Å². The molecule has 0 radical (unpaired) electrons. The van der Waals surface area contributed by atoms with E-state index in [0.717, 1.165) is 23.0 Å². The largest absolute Gasteiger partial charge is 0.348 e. The number of aromatic nitrogens is 4. The molecule has 0 aliphatic heterocycles. The summed E-state index contributed by atoms with van der Waals surface area (Å²) in [4.78, 5) is 27.6. The topological polar surface area (TPSA) is 75.9 Å². The van der Waals surface area contributed by atoms with E-state index in [0.29, 0.717) is 17.7 Å². The number of fused-ring (bicyclic) bond motifs is 1. The Morgan fingerprint density at radius 1 is 1.21 bits per heavy atom. The molecule has 1 amide bonds. The van der Waals surface area contributed by atoms with Crippen LogP contribution in [0.15, 0.2) is 36.8 Å². The van der Waals surface area contributed by atoms with Crippen LogP contribution in [0.2, 0.25) is 0 Å². The zero-order valence-electron chi connectivity index (χ0n) is 18.0. The number of imidazole rings is 1. The van der Waals surface area contributed by atoms with Crippen molar-refractivity contribution < 1.29 is 4.79 Å². The third kappa shape index (κ3) is 4.39. The second-order valence-corrected chi connectivity index (χ2v) is 7.82. The van der Waals surface area contributed by atoms with Gasteiger partial charge in [-0.15, -0.1) is 0 Å². The lowest BCUT2D eigenvalue weighted by Crippen LogP contribution is -2.42. The molecule has 3 aromatic rings. The van der Waals surface area contributed by atoms with E-state index < -0.39 is 0 Å². The van der Waals surface area contributed by atoms with Crippen LogP contribution >= 0.6 is 0 Å². The highest BCUT2D eigenvalue weighted by Gasteiger charge is 2.25. The lowest BCUT2D eigenvalue weighted by atomic mass is 10.00. The molecule has 0 saturated carbocycles. The standard InChI is InChI=1S/C22H30N6O/c1-7-19(14(2)3)28(16(5)29)21-10-11-23-22(26-21)25-15(4)17-8-9-20-18(12-17)24-13-27(20)6/h8-15,19H,7H2,1-6H3,(H,23,25,26)/t15?,19-/m1/s1. The molecule has 0 aliphatic carbocycles. The average Bonchev–Trinajstić information content (AvgIpc) is 3.05. The van der Waals surface area contributed by atoms with Crippen molar-refractivity contribution in [2.75, 3.05) is 10.2 Å². The van der Waals surface area contributed by atoms with Gasteiger partial charge in [0.15, 0.2) is 0 Å². The zero-order chi connectivity index (χ0) is 21.1. The first-order chi connectivity index (χ1) is 13.8. The number of amides is 1. The van der Waals surface area contributed by atoms with Crippen LogP contribution in [0.1, 0.15) is 52.6 Å². The predicted molar refractivity (Wildman–Crippen MR) is 117 cm³/mol. The van der Waals surface area contributed by atoms with Crippen molar-refractivity contribution in [1.29, 1.82) is 0 Å². The van der Waals surface area contributed by atoms with Gasteiger partial charge in [0.1, 0.15) is 5.82 Å². The molecule has 0 spiro atoms. The highest BCUT2D eigenvalue weighted by molar-refractivity contribution is 5.91. The maximum Gasteiger partial charge on any atom is 0.225 e. The first-order valence-electron chi connectivity index (χ1n) is 10.1. The minimum atomic E-state index is -0.0103. The molecule has 0 aliphatic rings. The molecule has 29 heavy (non-hydrogen) atoms. The first-order valence-corrected chi connectivity index (χ1v) is 10.1. The molecule has 7 heteroatoms. The Kier molecular flexibility index (Phi) is 6.15. The normalized spacial score (nSPS) is 13.5. The Morgan fingerprint density at radius 3 is 2.62 bits per heavy atom. The van der Waals surface area contributed by atoms with Gasteiger partial charge in [0.2, 0.25) is 11.9 Å². The molecule has 1 N–H and O–H groups in total. The van der Waals surface area contributed by atoms with Crippen LogP contribution in [0, 0.1) is 5.92 Å². The molecular formula is C22H30N6O. The molecule has 2 aromatic heterocycles. The number of benzene rings is 1. The van der Waals surface area contributed by atoms with Crippen LogP contribution in [0.5, 0.6) is 0 Å². The number of anilines is 2. The third-order valence-corrected chi connectivity index (χ3v) is 5.34. The van der Waals surface area contributed by atoms with Crippen molar-refractivity contribution in [3.63, 3.8) is 0 Å². The van der Waals surface area contributed by atoms with Crippen molar-refractivity contribution in [3.05, 3.63) is 42.4 Å². The minimum Gasteiger partial charge on any atom is -0.348 e. The molecule has 0 fully saturated rings. The summed E-state index contributed by atoms with van der Waals surface area (Å²) >= 11 is 0. The Labute approximate surface area is 172 Å². The number of hydrogen-bond acceptors (Lipinski definition) is 5. The average molecular weight is 395 g/mol. The van der Waals surface area contributed by atoms with Crippen LogP contribution in [-0.2, 0) is 11.8 Å². The van der Waals surface area contributed by atoms with Crippen LogP contribution in [0.3, 0.4) is 0 Å². The summed E-state index contributed by atoms with van der Waals surface area (Å²) in [7, 11) is 1.98. The quantitative estimate of drug-likeness (QED) is 0.646. The molecule has 0 saturated heterocycles. The zero-order valence-corrected chi connectivity index (χ0v) is 18.0. The van der Waals surface area contributed by atoms with E-state index in [1.54, 1.807) is 24.1 Å². The van der Waals surface area contributed by atoms with Gasteiger partial charge in [0, 0.05) is 26.2 Å². The summed E-state index contributed by atoms with van der Waals surface area (Å²) in [6.07, 6.45) is 4.38. The van der Waals surface area contributed by atoms with Crippen LogP contribution in [0.25, 0.3) is 11.0 Å². The van der Waals surface area contributed by atoms with Crippen molar-refractivity contribution in [2.24, 2.45) is 13.0 Å². The fourth-order valence-electron chi connectivity index (χ4n) is 3.77. The van der Waals surface area contributed by atoms with Gasteiger partial charge in [-0.05, 0) is 43.0 Å². The van der Waals surface area contributed by atoms with Gasteiger partial charge < -0.3 is 9.88 Å². The van der Waals surface area contributed by atoms with Gasteiger partial charge in [0.25, 0.3) is 0 Å². The van der Waals surface area contributed by atoms with Gasteiger partial charge in [-0.25, -0.2) is 9.97 Å². The van der Waals surface area contributed by atoms with Gasteiger partial charge in [-0.1, -0.05) is 26.8 Å². The van der Waals surface area contributed by atoms with Gasteiger partial charge >= 0.3 is 0 Å². The second-order valence-electron chi connectivity index (χ2n) is 7.82. The van der Waals surface area contributed by atoms with E-state index in [4.69, 9.17) is 0 Å². The third-order valence-electron chi connectivity index (χ3n) is 5.34. The van der Waals surface area contributed by atoms with E-state index in [9.17, 15) is 4.79 Å². The number of carbonyl (C=O) groups excluding carboxylic acids is 1. The minimum absolute atomic E-state index is 0.00509. The summed E-state index contributed by atoms with van der Waals surface area (Å²) in [5, 5.41) is 3.36. The Balaban J connectivity index is 1.84. The fourth-order valence-corrected chi connectivity index (χ4v) is 3.77. The predicted octanol–water partition coefficient (Wildman–Crippen LogP) is 4.32. The molecule has 2 atom stereocenters. The molecule has 154 valence electrons. The SMILES string of the molecule is CC[C@H](C(C)C)N(C(C)=O)c1ccnc(NC(C)c2ccc3c(c2)ncn3C)n1. The maximum atomic E-state index is 12.4. The van der Waals surface area contributed by atoms with E-state index in [1.165, 1.54) is 0 Å². The smallest absolute Gasteiger partial charge is 0.225 e. The second kappa shape index (κ2) is 8.59. The Hall–Kier alpha value is -2.96. The van der Waals surface area contributed by atoms with Gasteiger partial charge in [-0.2, -0.15) is 4.98 Å². The fraction of sp³-hybridized carbons (Fsp3) is 0.455. The monoisotopic (exact) mass is 394 g/mol. The molecule has 1 unspecified atom stereocenters. The highest BCUT2D eigenvalue weighted by Crippen LogP contribution is 2.25. The number of aryl methyl sites for hydroxylation is 1. The summed E-state index contributed by atoms with van der Waals surface area (Å²) in [6, 6.07) is 8.11. The van der Waals surface area contributed by atoms with Crippen LogP contribution in [-0.4, -0.2) is 31.5 Å². The molecule has 3 rings (SSSR count). The lowest BCUT2D eigenvalue weighted by Gasteiger charge is -2.32. The highest BCUT2D eigenvalue weighted by atomic mass is 16.2. The summed E-state index contributed by atoms with van der Waals surface area (Å²) in [5.41, 5.74) is 3.15. The molecule has 1 aromatic carbocycles. The Bertz CT molecular complexity index is 996. The van der Waals surface area contributed by atoms with Gasteiger partial charge in [-0.3, -0.25) is 9.69 Å². The summed E-state index contributed by atoms with van der Waals surface area (Å²) < 4.78 is 2.00. The van der Waals surface area contributed by atoms with E-state index in [2.05, 4.69) is 66.2 Å². The van der Waals surface area contributed by atoms with Crippen molar-refractivity contribution in [3.8, 4) is 0 Å². The Morgan fingerprint density at radius 2 is 1.97 bits per heavy atom. The number of hydrogen-bond donors (Lipinski definition) is 1. The molecule has 0 bridgehead atoms. The lowest BCUT2D eigenvalue weighted by molar-refractivity contribution is -0.117. The first kappa shape index (κ1) is 20.8. The van der Waals surface area contributed by atoms with Crippen LogP contribution < -0.4 is 10.2 Å². The van der Waals surface area contributed by atoms with Crippen molar-refractivity contribution in [1.82, 2.24) is 19.5 Å². The number of rotatable bonds is 7. The molecular weight excluding hydrogens is 364 g/mol. The van der Waals surface area contributed by atoms with Crippen molar-refractivity contribution >= 4 is 28.7 Å². The number of nitrogens with one attached hydrogen (secondary N) is 1. The van der Waals surface area contributed by atoms with Crippen LogP contribution in [0.4, 0.5) is 11.8 Å².